The van der Waals surface area contributed by atoms with Crippen LogP contribution in [0.2, 0.25) is 0 Å². The maximum Gasteiger partial charge on any atom is 0.0907 e. The van der Waals surface area contributed by atoms with Crippen molar-refractivity contribution in [2.75, 3.05) is 11.9 Å². The van der Waals surface area contributed by atoms with Crippen LogP contribution in [0.3, 0.4) is 0 Å². The topological polar surface area (TPSA) is 67.9 Å². The van der Waals surface area contributed by atoms with Crippen LogP contribution in [0.1, 0.15) is 5.69 Å². The molecule has 6 nitrogen and oxygen atoms in total. The van der Waals surface area contributed by atoms with Gasteiger partial charge in [-0.3, -0.25) is 9.36 Å². The van der Waals surface area contributed by atoms with Crippen molar-refractivity contribution in [3.8, 4) is 0 Å². The van der Waals surface area contributed by atoms with E-state index in [2.05, 4.69) is 15.5 Å². The molecule has 2 N–H and O–H groups in total. The van der Waals surface area contributed by atoms with Crippen LogP contribution in [0.25, 0.3) is 0 Å². The van der Waals surface area contributed by atoms with Gasteiger partial charge in [0.1, 0.15) is 0 Å². The van der Waals surface area contributed by atoms with Gasteiger partial charge in [-0.25, -0.2) is 0 Å². The third-order valence-electron chi connectivity index (χ3n) is 2.50. The largest absolute Gasteiger partial charge is 0.389 e. The van der Waals surface area contributed by atoms with Gasteiger partial charge in [-0.2, -0.15) is 10.2 Å². The van der Waals surface area contributed by atoms with Crippen LogP contribution >= 0.6 is 0 Å². The van der Waals surface area contributed by atoms with Crippen molar-refractivity contribution >= 4 is 5.69 Å². The minimum absolute atomic E-state index is 0.477. The van der Waals surface area contributed by atoms with Crippen LogP contribution in [0.4, 0.5) is 5.69 Å². The average molecular weight is 235 g/mol. The SMILES string of the molecule is Cc1nn(C)cc1NCC(O)Cn1cccn1. The van der Waals surface area contributed by atoms with E-state index in [1.807, 2.05) is 32.4 Å². The summed E-state index contributed by atoms with van der Waals surface area (Å²) in [7, 11) is 1.87. The molecular formula is C11H17N5O. The molecule has 0 fully saturated rings. The van der Waals surface area contributed by atoms with Crippen molar-refractivity contribution in [2.45, 2.75) is 19.6 Å². The number of hydrogen-bond acceptors (Lipinski definition) is 4. The fraction of sp³-hybridized carbons (Fsp3) is 0.455. The lowest BCUT2D eigenvalue weighted by molar-refractivity contribution is 0.161. The molecule has 1 unspecified atom stereocenters. The normalized spacial score (nSPS) is 12.6. The summed E-state index contributed by atoms with van der Waals surface area (Å²) in [5.41, 5.74) is 1.88. The zero-order chi connectivity index (χ0) is 12.3. The number of hydrogen-bond donors (Lipinski definition) is 2. The summed E-state index contributed by atoms with van der Waals surface area (Å²) in [5.74, 6) is 0. The van der Waals surface area contributed by atoms with Gasteiger partial charge in [-0.05, 0) is 13.0 Å². The molecule has 2 aromatic heterocycles. The Balaban J connectivity index is 1.84. The highest BCUT2D eigenvalue weighted by atomic mass is 16.3. The Morgan fingerprint density at radius 1 is 1.53 bits per heavy atom. The molecule has 92 valence electrons. The van der Waals surface area contributed by atoms with Crippen molar-refractivity contribution in [2.24, 2.45) is 7.05 Å². The number of anilines is 1. The van der Waals surface area contributed by atoms with E-state index in [4.69, 9.17) is 0 Å². The molecule has 0 bridgehead atoms. The Morgan fingerprint density at radius 2 is 2.35 bits per heavy atom. The number of nitrogens with one attached hydrogen (secondary N) is 1. The fourth-order valence-corrected chi connectivity index (χ4v) is 1.69. The first-order valence-corrected chi connectivity index (χ1v) is 5.55. The summed E-state index contributed by atoms with van der Waals surface area (Å²) >= 11 is 0. The Kier molecular flexibility index (Phi) is 3.43. The first-order chi connectivity index (χ1) is 8.15. The fourth-order valence-electron chi connectivity index (χ4n) is 1.69. The van der Waals surface area contributed by atoms with Crippen LogP contribution in [-0.2, 0) is 13.6 Å². The number of aliphatic hydroxyl groups excluding tert-OH is 1. The lowest BCUT2D eigenvalue weighted by Gasteiger charge is -2.12. The highest BCUT2D eigenvalue weighted by Crippen LogP contribution is 2.11. The van der Waals surface area contributed by atoms with Crippen molar-refractivity contribution in [1.82, 2.24) is 19.6 Å². The molecule has 0 amide bonds. The van der Waals surface area contributed by atoms with E-state index in [9.17, 15) is 5.11 Å². The van der Waals surface area contributed by atoms with Crippen LogP contribution in [0, 0.1) is 6.92 Å². The highest BCUT2D eigenvalue weighted by molar-refractivity contribution is 5.45. The molecular weight excluding hydrogens is 218 g/mol. The molecule has 1 atom stereocenters. The molecule has 2 rings (SSSR count). The Hall–Kier alpha value is -1.82. The van der Waals surface area contributed by atoms with Crippen LogP contribution < -0.4 is 5.32 Å². The van der Waals surface area contributed by atoms with Crippen molar-refractivity contribution in [3.05, 3.63) is 30.4 Å². The van der Waals surface area contributed by atoms with Crippen molar-refractivity contribution in [3.63, 3.8) is 0 Å². The van der Waals surface area contributed by atoms with Crippen LogP contribution in [-0.4, -0.2) is 37.3 Å². The molecule has 0 radical (unpaired) electrons. The van der Waals surface area contributed by atoms with Gasteiger partial charge < -0.3 is 10.4 Å². The third-order valence-corrected chi connectivity index (χ3v) is 2.50. The Morgan fingerprint density at radius 3 is 2.94 bits per heavy atom. The molecule has 0 aliphatic rings. The average Bonchev–Trinajstić information content (AvgIpc) is 2.86. The summed E-state index contributed by atoms with van der Waals surface area (Å²) in [6, 6.07) is 1.84. The predicted octanol–water partition coefficient (Wildman–Crippen LogP) is 0.398. The van der Waals surface area contributed by atoms with Crippen molar-refractivity contribution in [1.29, 1.82) is 0 Å². The minimum atomic E-state index is -0.477. The molecule has 17 heavy (non-hydrogen) atoms. The standard InChI is InChI=1S/C11H17N5O/c1-9-11(8-15(2)14-9)12-6-10(17)7-16-5-3-4-13-16/h3-5,8,10,12,17H,6-7H2,1-2H3. The van der Waals surface area contributed by atoms with Gasteiger partial charge in [0.05, 0.1) is 24.0 Å². The maximum absolute atomic E-state index is 9.83. The second kappa shape index (κ2) is 5.01. The van der Waals surface area contributed by atoms with E-state index in [1.165, 1.54) is 0 Å². The van der Waals surface area contributed by atoms with E-state index in [-0.39, 0.29) is 0 Å². The van der Waals surface area contributed by atoms with E-state index >= 15 is 0 Å². The lowest BCUT2D eigenvalue weighted by atomic mass is 10.3. The first kappa shape index (κ1) is 11.7. The number of aliphatic hydroxyl groups is 1. The molecule has 2 aromatic rings. The highest BCUT2D eigenvalue weighted by Gasteiger charge is 2.07. The molecule has 0 aliphatic carbocycles. The molecule has 0 spiro atoms. The predicted molar refractivity (Wildman–Crippen MR) is 64.7 cm³/mol. The monoisotopic (exact) mass is 235 g/mol. The zero-order valence-electron chi connectivity index (χ0n) is 10.0. The summed E-state index contributed by atoms with van der Waals surface area (Å²) < 4.78 is 3.46. The second-order valence-corrected chi connectivity index (χ2v) is 4.06. The molecule has 2 heterocycles. The smallest absolute Gasteiger partial charge is 0.0907 e. The van der Waals surface area contributed by atoms with Gasteiger partial charge in [0.25, 0.3) is 0 Å². The van der Waals surface area contributed by atoms with Gasteiger partial charge in [-0.1, -0.05) is 0 Å². The minimum Gasteiger partial charge on any atom is -0.389 e. The number of nitrogens with zero attached hydrogens (tertiary/aromatic N) is 4. The van der Waals surface area contributed by atoms with Crippen LogP contribution in [0.15, 0.2) is 24.7 Å². The van der Waals surface area contributed by atoms with Gasteiger partial charge >= 0.3 is 0 Å². The number of rotatable bonds is 5. The van der Waals surface area contributed by atoms with Gasteiger partial charge in [0.15, 0.2) is 0 Å². The van der Waals surface area contributed by atoms with Gasteiger partial charge in [0.2, 0.25) is 0 Å². The van der Waals surface area contributed by atoms with Gasteiger partial charge in [0, 0.05) is 32.2 Å². The summed E-state index contributed by atoms with van der Waals surface area (Å²) in [6.07, 6.45) is 4.95. The molecule has 0 aromatic carbocycles. The number of aromatic nitrogens is 4. The number of aryl methyl sites for hydroxylation is 2. The van der Waals surface area contributed by atoms with E-state index in [0.717, 1.165) is 11.4 Å². The summed E-state index contributed by atoms with van der Waals surface area (Å²) in [6.45, 7) is 2.90. The Bertz CT molecular complexity index is 462. The molecule has 0 aliphatic heterocycles. The Labute approximate surface area is 99.9 Å². The lowest BCUT2D eigenvalue weighted by Crippen LogP contribution is -2.25. The zero-order valence-corrected chi connectivity index (χ0v) is 10.0. The van der Waals surface area contributed by atoms with E-state index < -0.39 is 6.10 Å². The summed E-state index contributed by atoms with van der Waals surface area (Å²) in [5, 5.41) is 21.3. The van der Waals surface area contributed by atoms with Gasteiger partial charge in [-0.15, -0.1) is 0 Å². The van der Waals surface area contributed by atoms with E-state index in [1.54, 1.807) is 15.6 Å². The molecule has 0 saturated heterocycles. The van der Waals surface area contributed by atoms with Crippen molar-refractivity contribution < 1.29 is 5.11 Å². The molecule has 6 heteroatoms. The second-order valence-electron chi connectivity index (χ2n) is 4.06. The molecule has 0 saturated carbocycles. The first-order valence-electron chi connectivity index (χ1n) is 5.55. The third kappa shape index (κ3) is 3.07. The summed E-state index contributed by atoms with van der Waals surface area (Å²) in [4.78, 5) is 0. The maximum atomic E-state index is 9.83. The van der Waals surface area contributed by atoms with Crippen LogP contribution in [0.5, 0.6) is 0 Å². The quantitative estimate of drug-likeness (QED) is 0.787. The van der Waals surface area contributed by atoms with E-state index in [0.29, 0.717) is 13.1 Å².